The molecule has 0 saturated carbocycles. The SMILES string of the molecule is CC(OCC(O)CNC(C)(C)Cc1ccc2ccccc2c1)c1ccccc1-c1cc(C(=O)O)cc(C(=O)O)c1. The van der Waals surface area contributed by atoms with E-state index in [1.54, 1.807) is 12.1 Å². The van der Waals surface area contributed by atoms with Crippen molar-refractivity contribution in [1.82, 2.24) is 5.32 Å². The van der Waals surface area contributed by atoms with E-state index >= 15 is 0 Å². The Bertz CT molecular complexity index is 1480. The highest BCUT2D eigenvalue weighted by atomic mass is 16.5. The number of carboxylic acids is 2. The highest BCUT2D eigenvalue weighted by molar-refractivity contribution is 5.96. The number of carbonyl (C=O) groups is 2. The summed E-state index contributed by atoms with van der Waals surface area (Å²) < 4.78 is 6.02. The molecule has 40 heavy (non-hydrogen) atoms. The molecule has 4 aromatic rings. The van der Waals surface area contributed by atoms with Crippen molar-refractivity contribution in [2.45, 2.75) is 44.9 Å². The van der Waals surface area contributed by atoms with Crippen molar-refractivity contribution in [1.29, 1.82) is 0 Å². The van der Waals surface area contributed by atoms with Gasteiger partial charge >= 0.3 is 11.9 Å². The van der Waals surface area contributed by atoms with Crippen molar-refractivity contribution in [3.63, 3.8) is 0 Å². The summed E-state index contributed by atoms with van der Waals surface area (Å²) in [5.41, 5.74) is 2.66. The van der Waals surface area contributed by atoms with E-state index in [2.05, 4.69) is 49.5 Å². The molecule has 0 fully saturated rings. The second-order valence-electron chi connectivity index (χ2n) is 10.7. The van der Waals surface area contributed by atoms with Crippen molar-refractivity contribution >= 4 is 22.7 Å². The van der Waals surface area contributed by atoms with Gasteiger partial charge in [0, 0.05) is 12.1 Å². The normalized spacial score (nSPS) is 13.2. The van der Waals surface area contributed by atoms with Gasteiger partial charge in [0.05, 0.1) is 29.9 Å². The van der Waals surface area contributed by atoms with Crippen LogP contribution in [0, 0.1) is 0 Å². The molecule has 0 aromatic heterocycles. The van der Waals surface area contributed by atoms with E-state index in [-0.39, 0.29) is 23.3 Å². The molecule has 2 unspecified atom stereocenters. The van der Waals surface area contributed by atoms with Crippen LogP contribution in [0.15, 0.2) is 84.9 Å². The number of aliphatic hydroxyl groups excluding tert-OH is 1. The molecule has 0 spiro atoms. The van der Waals surface area contributed by atoms with Gasteiger partial charge in [-0.2, -0.15) is 0 Å². The average molecular weight is 542 g/mol. The van der Waals surface area contributed by atoms with Crippen molar-refractivity contribution < 1.29 is 29.6 Å². The molecule has 0 bridgehead atoms. The first-order valence-electron chi connectivity index (χ1n) is 13.3. The number of rotatable bonds is 12. The maximum atomic E-state index is 11.6. The molecule has 4 N–H and O–H groups in total. The number of hydrogen-bond acceptors (Lipinski definition) is 5. The van der Waals surface area contributed by atoms with Crippen LogP contribution in [0.4, 0.5) is 0 Å². The molecule has 7 nitrogen and oxygen atoms in total. The van der Waals surface area contributed by atoms with Crippen molar-refractivity contribution in [3.05, 3.63) is 107 Å². The van der Waals surface area contributed by atoms with Crippen LogP contribution in [0.1, 0.15) is 58.7 Å². The Balaban J connectivity index is 1.38. The molecule has 0 aliphatic heterocycles. The minimum Gasteiger partial charge on any atom is -0.478 e. The van der Waals surface area contributed by atoms with Gasteiger partial charge in [0.1, 0.15) is 0 Å². The monoisotopic (exact) mass is 541 g/mol. The number of carboxylic acid groups (broad SMARTS) is 2. The first-order valence-corrected chi connectivity index (χ1v) is 13.3. The molecular weight excluding hydrogens is 506 g/mol. The van der Waals surface area contributed by atoms with Gasteiger partial charge in [-0.25, -0.2) is 9.59 Å². The summed E-state index contributed by atoms with van der Waals surface area (Å²) in [6.45, 7) is 6.49. The van der Waals surface area contributed by atoms with Crippen LogP contribution in [0.25, 0.3) is 21.9 Å². The van der Waals surface area contributed by atoms with Gasteiger partial charge in [-0.15, -0.1) is 0 Å². The largest absolute Gasteiger partial charge is 0.478 e. The van der Waals surface area contributed by atoms with Gasteiger partial charge in [-0.1, -0.05) is 66.7 Å². The lowest BCUT2D eigenvalue weighted by Crippen LogP contribution is -2.46. The van der Waals surface area contributed by atoms with E-state index in [1.165, 1.54) is 28.5 Å². The Morgan fingerprint density at radius 1 is 0.850 bits per heavy atom. The minimum absolute atomic E-state index is 0.0874. The smallest absolute Gasteiger partial charge is 0.335 e. The van der Waals surface area contributed by atoms with E-state index < -0.39 is 24.1 Å². The molecule has 2 atom stereocenters. The van der Waals surface area contributed by atoms with Crippen LogP contribution < -0.4 is 5.32 Å². The van der Waals surface area contributed by atoms with E-state index in [9.17, 15) is 24.9 Å². The number of nitrogens with one attached hydrogen (secondary N) is 1. The molecule has 0 saturated heterocycles. The summed E-state index contributed by atoms with van der Waals surface area (Å²) in [5.74, 6) is -2.41. The molecular formula is C33H35NO6. The van der Waals surface area contributed by atoms with Crippen LogP contribution >= 0.6 is 0 Å². The lowest BCUT2D eigenvalue weighted by molar-refractivity contribution is -0.00397. The van der Waals surface area contributed by atoms with E-state index in [0.717, 1.165) is 18.1 Å². The Morgan fingerprint density at radius 2 is 1.48 bits per heavy atom. The zero-order valence-corrected chi connectivity index (χ0v) is 22.9. The van der Waals surface area contributed by atoms with Gasteiger partial charge in [0.15, 0.2) is 0 Å². The van der Waals surface area contributed by atoms with Crippen molar-refractivity contribution in [2.75, 3.05) is 13.2 Å². The highest BCUT2D eigenvalue weighted by Gasteiger charge is 2.21. The first kappa shape index (κ1) is 29.0. The Morgan fingerprint density at radius 3 is 2.15 bits per heavy atom. The first-order chi connectivity index (χ1) is 19.0. The Labute approximate surface area is 234 Å². The maximum absolute atomic E-state index is 11.6. The Hall–Kier alpha value is -4.04. The number of hydrogen-bond donors (Lipinski definition) is 4. The summed E-state index contributed by atoms with van der Waals surface area (Å²) >= 11 is 0. The third kappa shape index (κ3) is 7.33. The van der Waals surface area contributed by atoms with Crippen molar-refractivity contribution in [2.24, 2.45) is 0 Å². The van der Waals surface area contributed by atoms with Gasteiger partial charge in [0.2, 0.25) is 0 Å². The second kappa shape index (κ2) is 12.4. The van der Waals surface area contributed by atoms with Crippen molar-refractivity contribution in [3.8, 4) is 11.1 Å². The number of aromatic carboxylic acids is 2. The third-order valence-electron chi connectivity index (χ3n) is 6.95. The molecule has 0 radical (unpaired) electrons. The van der Waals surface area contributed by atoms with Crippen LogP contribution in [0.3, 0.4) is 0 Å². The molecule has 0 amide bonds. The summed E-state index contributed by atoms with van der Waals surface area (Å²) in [4.78, 5) is 23.2. The van der Waals surface area contributed by atoms with Crippen LogP contribution in [-0.4, -0.2) is 52.1 Å². The number of ether oxygens (including phenoxy) is 1. The lowest BCUT2D eigenvalue weighted by atomic mass is 9.93. The standard InChI is InChI=1S/C33H35NO6/c1-21(29-10-6-7-11-30(29)25-15-26(31(36)37)17-27(16-25)32(38)39)40-20-28(35)19-34-33(2,3)18-22-12-13-23-8-4-5-9-24(23)14-22/h4-17,21,28,34-35H,18-20H2,1-3H3,(H,36,37)(H,38,39). The molecule has 4 rings (SSSR count). The molecule has 7 heteroatoms. The van der Waals surface area contributed by atoms with Gasteiger partial charge < -0.3 is 25.4 Å². The van der Waals surface area contributed by atoms with E-state index in [4.69, 9.17) is 4.74 Å². The number of β-amino-alcohol motifs (C(OH)–C–C–N with tert-alkyl or cyclic N) is 1. The van der Waals surface area contributed by atoms with Gasteiger partial charge in [-0.05, 0) is 78.4 Å². The molecule has 0 heterocycles. The number of fused-ring (bicyclic) bond motifs is 1. The van der Waals surface area contributed by atoms with E-state index in [0.29, 0.717) is 17.7 Å². The fourth-order valence-electron chi connectivity index (χ4n) is 4.86. The predicted octanol–water partition coefficient (Wildman–Crippen LogP) is 5.95. The highest BCUT2D eigenvalue weighted by Crippen LogP contribution is 2.31. The quantitative estimate of drug-likeness (QED) is 0.175. The summed E-state index contributed by atoms with van der Waals surface area (Å²) in [7, 11) is 0. The minimum atomic E-state index is -1.20. The second-order valence-corrected chi connectivity index (χ2v) is 10.7. The van der Waals surface area contributed by atoms with Crippen LogP contribution in [0.2, 0.25) is 0 Å². The fourth-order valence-corrected chi connectivity index (χ4v) is 4.86. The lowest BCUT2D eigenvalue weighted by Gasteiger charge is -2.28. The number of benzene rings is 4. The summed E-state index contributed by atoms with van der Waals surface area (Å²) in [5, 5.41) is 35.5. The van der Waals surface area contributed by atoms with Crippen LogP contribution in [0.5, 0.6) is 0 Å². The molecule has 0 aliphatic rings. The molecule has 0 aliphatic carbocycles. The van der Waals surface area contributed by atoms with Crippen LogP contribution in [-0.2, 0) is 11.2 Å². The topological polar surface area (TPSA) is 116 Å². The zero-order valence-electron chi connectivity index (χ0n) is 22.9. The number of aliphatic hydroxyl groups is 1. The summed E-state index contributed by atoms with van der Waals surface area (Å²) in [6.07, 6.45) is -0.388. The molecule has 4 aromatic carbocycles. The molecule has 208 valence electrons. The van der Waals surface area contributed by atoms with Gasteiger partial charge in [-0.3, -0.25) is 0 Å². The Kier molecular flexibility index (Phi) is 9.00. The fraction of sp³-hybridized carbons (Fsp3) is 0.273. The third-order valence-corrected chi connectivity index (χ3v) is 6.95. The summed E-state index contributed by atoms with van der Waals surface area (Å²) in [6, 6.07) is 26.1. The maximum Gasteiger partial charge on any atom is 0.335 e. The van der Waals surface area contributed by atoms with Gasteiger partial charge in [0.25, 0.3) is 0 Å². The zero-order chi connectivity index (χ0) is 28.9. The predicted molar refractivity (Wildman–Crippen MR) is 156 cm³/mol. The van der Waals surface area contributed by atoms with E-state index in [1.807, 2.05) is 31.2 Å². The average Bonchev–Trinajstić information content (AvgIpc) is 2.94.